The van der Waals surface area contributed by atoms with Crippen molar-refractivity contribution in [3.63, 3.8) is 0 Å². The van der Waals surface area contributed by atoms with Gasteiger partial charge in [0.15, 0.2) is 5.82 Å². The Labute approximate surface area is 157 Å². The molecule has 0 aliphatic rings. The van der Waals surface area contributed by atoms with Crippen LogP contribution in [0.1, 0.15) is 12.5 Å². The zero-order chi connectivity index (χ0) is 19.3. The Morgan fingerprint density at radius 3 is 2.65 bits per heavy atom. The molecule has 0 aliphatic heterocycles. The molecule has 0 spiro atoms. The summed E-state index contributed by atoms with van der Waals surface area (Å²) >= 11 is 11.6. The molecule has 0 bridgehead atoms. The van der Waals surface area contributed by atoms with Crippen LogP contribution >= 0.6 is 23.2 Å². The number of aliphatic imine (C=N–C) groups is 1. The Bertz CT molecular complexity index is 902. The Balaban J connectivity index is 2.52. The number of carbonyl (C=O) groups excluding carboxylic acids is 1. The van der Waals surface area contributed by atoms with E-state index in [2.05, 4.69) is 9.98 Å². The fraction of sp³-hybridized carbons (Fsp3) is 0.118. The lowest BCUT2D eigenvalue weighted by Gasteiger charge is -2.08. The highest BCUT2D eigenvalue weighted by atomic mass is 35.5. The topological polar surface area (TPSA) is 71.8 Å². The molecule has 2 aromatic rings. The van der Waals surface area contributed by atoms with Gasteiger partial charge in [-0.1, -0.05) is 23.2 Å². The SMILES string of the molecule is CCOC(=O)C(C=Nc1ccc(F)cc1F)=C(O)c1ccc(Cl)nc1Cl. The van der Waals surface area contributed by atoms with Crippen LogP contribution in [-0.2, 0) is 9.53 Å². The van der Waals surface area contributed by atoms with Gasteiger partial charge in [0.2, 0.25) is 0 Å². The molecular weight excluding hydrogens is 389 g/mol. The van der Waals surface area contributed by atoms with Gasteiger partial charge in [-0.3, -0.25) is 4.99 Å². The molecule has 0 aliphatic carbocycles. The summed E-state index contributed by atoms with van der Waals surface area (Å²) < 4.78 is 31.5. The van der Waals surface area contributed by atoms with E-state index in [9.17, 15) is 18.7 Å². The van der Waals surface area contributed by atoms with Gasteiger partial charge in [-0.15, -0.1) is 0 Å². The number of aliphatic hydroxyl groups is 1. The van der Waals surface area contributed by atoms with Gasteiger partial charge in [-0.25, -0.2) is 18.6 Å². The van der Waals surface area contributed by atoms with E-state index in [0.29, 0.717) is 6.07 Å². The maximum atomic E-state index is 13.7. The quantitative estimate of drug-likeness (QED) is 0.254. The van der Waals surface area contributed by atoms with Crippen molar-refractivity contribution in [2.24, 2.45) is 4.99 Å². The van der Waals surface area contributed by atoms with Crippen LogP contribution in [0.2, 0.25) is 10.3 Å². The molecule has 0 amide bonds. The number of ether oxygens (including phenoxy) is 1. The highest BCUT2D eigenvalue weighted by Gasteiger charge is 2.19. The van der Waals surface area contributed by atoms with E-state index < -0.39 is 23.4 Å². The minimum absolute atomic E-state index is 0.00477. The van der Waals surface area contributed by atoms with Crippen molar-refractivity contribution < 1.29 is 23.4 Å². The van der Waals surface area contributed by atoms with E-state index in [-0.39, 0.29) is 33.7 Å². The largest absolute Gasteiger partial charge is 0.506 e. The average molecular weight is 401 g/mol. The number of hydrogen-bond donors (Lipinski definition) is 1. The number of benzene rings is 1. The number of esters is 1. The summed E-state index contributed by atoms with van der Waals surface area (Å²) in [7, 11) is 0. The monoisotopic (exact) mass is 400 g/mol. The summed E-state index contributed by atoms with van der Waals surface area (Å²) in [5.41, 5.74) is -0.618. The van der Waals surface area contributed by atoms with Gasteiger partial charge in [0.05, 0.1) is 17.9 Å². The van der Waals surface area contributed by atoms with Crippen molar-refractivity contribution in [1.82, 2.24) is 4.98 Å². The standard InChI is InChI=1S/C17H12Cl2F2N2O3/c1-2-26-17(25)11(8-22-13-5-3-9(20)7-12(13)21)15(24)10-4-6-14(18)23-16(10)19/h3-8,24H,2H2,1H3. The number of hydrogen-bond acceptors (Lipinski definition) is 5. The molecule has 5 nitrogen and oxygen atoms in total. The number of aromatic nitrogens is 1. The number of pyridine rings is 1. The van der Waals surface area contributed by atoms with Crippen LogP contribution < -0.4 is 0 Å². The Kier molecular flexibility index (Phi) is 6.65. The third-order valence-electron chi connectivity index (χ3n) is 3.06. The van der Waals surface area contributed by atoms with Crippen LogP contribution in [0, 0.1) is 11.6 Å². The van der Waals surface area contributed by atoms with E-state index in [1.54, 1.807) is 6.92 Å². The van der Waals surface area contributed by atoms with E-state index in [4.69, 9.17) is 27.9 Å². The predicted molar refractivity (Wildman–Crippen MR) is 94.9 cm³/mol. The molecule has 136 valence electrons. The summed E-state index contributed by atoms with van der Waals surface area (Å²) in [5, 5.41) is 10.3. The highest BCUT2D eigenvalue weighted by molar-refractivity contribution is 6.33. The average Bonchev–Trinajstić information content (AvgIpc) is 2.56. The van der Waals surface area contributed by atoms with E-state index in [1.165, 1.54) is 12.1 Å². The van der Waals surface area contributed by atoms with Crippen LogP contribution in [-0.4, -0.2) is 28.9 Å². The van der Waals surface area contributed by atoms with Crippen LogP contribution in [0.25, 0.3) is 5.76 Å². The van der Waals surface area contributed by atoms with Gasteiger partial charge in [0, 0.05) is 12.3 Å². The maximum Gasteiger partial charge on any atom is 0.343 e. The van der Waals surface area contributed by atoms with Gasteiger partial charge < -0.3 is 9.84 Å². The second kappa shape index (κ2) is 8.73. The molecule has 0 fully saturated rings. The fourth-order valence-electron chi connectivity index (χ4n) is 1.87. The van der Waals surface area contributed by atoms with Crippen molar-refractivity contribution in [3.05, 3.63) is 63.4 Å². The van der Waals surface area contributed by atoms with Crippen molar-refractivity contribution >= 4 is 46.8 Å². The smallest absolute Gasteiger partial charge is 0.343 e. The molecule has 0 atom stereocenters. The van der Waals surface area contributed by atoms with Gasteiger partial charge >= 0.3 is 5.97 Å². The molecule has 26 heavy (non-hydrogen) atoms. The van der Waals surface area contributed by atoms with Crippen molar-refractivity contribution in [3.8, 4) is 0 Å². The van der Waals surface area contributed by atoms with Crippen LogP contribution in [0.5, 0.6) is 0 Å². The molecule has 2 rings (SSSR count). The summed E-state index contributed by atoms with van der Waals surface area (Å²) in [6.07, 6.45) is 0.897. The van der Waals surface area contributed by atoms with E-state index in [0.717, 1.165) is 18.3 Å². The second-order valence-electron chi connectivity index (χ2n) is 4.81. The van der Waals surface area contributed by atoms with Gasteiger partial charge in [0.1, 0.15) is 27.5 Å². The first-order valence-corrected chi connectivity index (χ1v) is 8.01. The van der Waals surface area contributed by atoms with Gasteiger partial charge in [-0.2, -0.15) is 0 Å². The first kappa shape index (κ1) is 19.8. The first-order chi connectivity index (χ1) is 12.3. The summed E-state index contributed by atoms with van der Waals surface area (Å²) in [5.74, 6) is -3.20. The Morgan fingerprint density at radius 2 is 2.04 bits per heavy atom. The summed E-state index contributed by atoms with van der Waals surface area (Å²) in [6, 6.07) is 5.43. The first-order valence-electron chi connectivity index (χ1n) is 7.25. The molecule has 9 heteroatoms. The van der Waals surface area contributed by atoms with E-state index in [1.807, 2.05) is 0 Å². The van der Waals surface area contributed by atoms with E-state index >= 15 is 0 Å². The van der Waals surface area contributed by atoms with Crippen molar-refractivity contribution in [1.29, 1.82) is 0 Å². The number of aliphatic hydroxyl groups excluding tert-OH is 1. The lowest BCUT2D eigenvalue weighted by atomic mass is 10.1. The summed E-state index contributed by atoms with van der Waals surface area (Å²) in [6.45, 7) is 1.60. The minimum Gasteiger partial charge on any atom is -0.506 e. The fourth-order valence-corrected chi connectivity index (χ4v) is 2.31. The Morgan fingerprint density at radius 1 is 1.31 bits per heavy atom. The summed E-state index contributed by atoms with van der Waals surface area (Å²) in [4.78, 5) is 19.7. The van der Waals surface area contributed by atoms with Crippen LogP contribution in [0.15, 0.2) is 40.9 Å². The van der Waals surface area contributed by atoms with Crippen LogP contribution in [0.3, 0.4) is 0 Å². The molecule has 0 unspecified atom stereocenters. The molecule has 0 saturated carbocycles. The number of nitrogens with zero attached hydrogens (tertiary/aromatic N) is 2. The third-order valence-corrected chi connectivity index (χ3v) is 3.56. The molecule has 1 aromatic carbocycles. The van der Waals surface area contributed by atoms with Crippen LogP contribution in [0.4, 0.5) is 14.5 Å². The molecule has 1 N–H and O–H groups in total. The lowest BCUT2D eigenvalue weighted by Crippen LogP contribution is -2.11. The maximum absolute atomic E-state index is 13.7. The minimum atomic E-state index is -0.935. The molecule has 0 saturated heterocycles. The third kappa shape index (κ3) is 4.77. The zero-order valence-electron chi connectivity index (χ0n) is 13.3. The van der Waals surface area contributed by atoms with Crippen molar-refractivity contribution in [2.75, 3.05) is 6.61 Å². The molecule has 0 radical (unpaired) electrons. The molecular formula is C17H12Cl2F2N2O3. The Hall–Kier alpha value is -2.51. The normalized spacial score (nSPS) is 12.2. The number of halogens is 4. The molecule has 1 aromatic heterocycles. The van der Waals surface area contributed by atoms with Gasteiger partial charge in [-0.05, 0) is 31.2 Å². The number of rotatable bonds is 5. The molecule has 1 heterocycles. The number of carbonyl (C=O) groups is 1. The predicted octanol–water partition coefficient (Wildman–Crippen LogP) is 4.90. The zero-order valence-corrected chi connectivity index (χ0v) is 14.9. The van der Waals surface area contributed by atoms with Gasteiger partial charge in [0.25, 0.3) is 0 Å². The highest BCUT2D eigenvalue weighted by Crippen LogP contribution is 2.26. The lowest BCUT2D eigenvalue weighted by molar-refractivity contribution is -0.137. The van der Waals surface area contributed by atoms with Crippen molar-refractivity contribution in [2.45, 2.75) is 6.92 Å². The second-order valence-corrected chi connectivity index (χ2v) is 5.55.